The number of carboxylic acids is 2. The summed E-state index contributed by atoms with van der Waals surface area (Å²) >= 11 is 0. The fraction of sp³-hybridized carbons (Fsp3) is 0.625. The maximum atomic E-state index is 11.0. The molecule has 0 spiro atoms. The van der Waals surface area contributed by atoms with Gasteiger partial charge in [0.25, 0.3) is 0 Å². The molecule has 0 rings (SSSR count). The van der Waals surface area contributed by atoms with E-state index in [4.69, 9.17) is 10.2 Å². The van der Waals surface area contributed by atoms with Gasteiger partial charge in [-0.15, -0.1) is 0 Å². The second-order valence-corrected chi connectivity index (χ2v) is 2.81. The van der Waals surface area contributed by atoms with Crippen molar-refractivity contribution in [2.24, 2.45) is 0 Å². The second kappa shape index (κ2) is 8.70. The average molecular weight is 227 g/mol. The van der Waals surface area contributed by atoms with Crippen LogP contribution in [0.1, 0.15) is 27.6 Å². The van der Waals surface area contributed by atoms with Gasteiger partial charge < -0.3 is 17.0 Å². The first-order chi connectivity index (χ1) is 6.47. The fourth-order valence-corrected chi connectivity index (χ4v) is 0.868. The molecule has 0 aromatic carbocycles. The summed E-state index contributed by atoms with van der Waals surface area (Å²) in [5.74, 6) is -3.03. The molecule has 0 aliphatic heterocycles. The maximum Gasteiger partial charge on any atom is 1.00 e. The van der Waals surface area contributed by atoms with E-state index in [0.29, 0.717) is 6.42 Å². The zero-order valence-corrected chi connectivity index (χ0v) is 10.8. The maximum absolute atomic E-state index is 11.0. The minimum atomic E-state index is -1.34. The summed E-state index contributed by atoms with van der Waals surface area (Å²) in [6.07, 6.45) is 0.180. The predicted molar refractivity (Wildman–Crippen MR) is 47.8 cm³/mol. The third-order valence-electron chi connectivity index (χ3n) is 1.49. The molecule has 0 saturated heterocycles. The normalized spacial score (nSPS) is 11.0. The van der Waals surface area contributed by atoms with Crippen molar-refractivity contribution in [1.82, 2.24) is 5.32 Å². The molecule has 3 N–H and O–H groups in total. The quantitative estimate of drug-likeness (QED) is 0.418. The fourth-order valence-electron chi connectivity index (χ4n) is 0.868. The molecule has 0 aliphatic rings. The van der Waals surface area contributed by atoms with E-state index in [2.05, 4.69) is 5.32 Å². The Hall–Kier alpha value is -0.590. The Bertz CT molecular complexity index is 249. The molecule has 0 bridgehead atoms. The third-order valence-corrected chi connectivity index (χ3v) is 1.49. The molecule has 7 heteroatoms. The van der Waals surface area contributed by atoms with Gasteiger partial charge in [0.05, 0.1) is 6.42 Å². The van der Waals surface area contributed by atoms with E-state index < -0.39 is 30.3 Å². The van der Waals surface area contributed by atoms with Crippen molar-refractivity contribution in [2.45, 2.75) is 32.2 Å². The van der Waals surface area contributed by atoms with Crippen molar-refractivity contribution in [1.29, 1.82) is 0 Å². The van der Waals surface area contributed by atoms with Crippen molar-refractivity contribution in [2.75, 3.05) is 0 Å². The first-order valence-corrected chi connectivity index (χ1v) is 4.21. The number of carboxylic acid groups (broad SMARTS) is 2. The summed E-state index contributed by atoms with van der Waals surface area (Å²) in [6, 6.07) is -1.34. The average Bonchev–Trinajstić information content (AvgIpc) is 2.02. The van der Waals surface area contributed by atoms with Gasteiger partial charge in [-0.25, -0.2) is 4.79 Å². The number of nitrogens with one attached hydrogen (secondary N) is 1. The van der Waals surface area contributed by atoms with E-state index in [1.165, 1.54) is 0 Å². The van der Waals surface area contributed by atoms with E-state index in [-0.39, 0.29) is 37.4 Å². The number of carbonyl (C=O) groups is 3. The Morgan fingerprint density at radius 1 is 1.33 bits per heavy atom. The standard InChI is InChI=1S/C8H13NO5.Na.H/c1-2-3-6(10)9-5(8(13)14)4-7(11)12;;/h5H,2-4H2,1H3,(H,9,10)(H,11,12)(H,13,14);;/q;+1;-1. The first-order valence-electron chi connectivity index (χ1n) is 4.21. The molecule has 0 aliphatic carbocycles. The Balaban J connectivity index is -0.000000845. The molecule has 1 unspecified atom stereocenters. The monoisotopic (exact) mass is 227 g/mol. The van der Waals surface area contributed by atoms with Crippen molar-refractivity contribution in [3.63, 3.8) is 0 Å². The summed E-state index contributed by atoms with van der Waals surface area (Å²) in [5, 5.41) is 19.1. The van der Waals surface area contributed by atoms with Crippen LogP contribution in [0.15, 0.2) is 0 Å². The number of amides is 1. The summed E-state index contributed by atoms with van der Waals surface area (Å²) < 4.78 is 0. The van der Waals surface area contributed by atoms with E-state index in [1.54, 1.807) is 6.92 Å². The number of hydrogen-bond acceptors (Lipinski definition) is 3. The van der Waals surface area contributed by atoms with Crippen LogP contribution in [0.5, 0.6) is 0 Å². The van der Waals surface area contributed by atoms with Crippen LogP contribution < -0.4 is 34.9 Å². The number of hydrogen-bond donors (Lipinski definition) is 3. The smallest absolute Gasteiger partial charge is 1.00 e. The summed E-state index contributed by atoms with van der Waals surface area (Å²) in [5.41, 5.74) is 0. The Kier molecular flexibility index (Phi) is 9.76. The van der Waals surface area contributed by atoms with Crippen molar-refractivity contribution < 1.29 is 55.6 Å². The summed E-state index contributed by atoms with van der Waals surface area (Å²) in [7, 11) is 0. The van der Waals surface area contributed by atoms with Gasteiger partial charge in [-0.05, 0) is 6.42 Å². The zero-order valence-electron chi connectivity index (χ0n) is 9.82. The number of aliphatic carboxylic acids is 2. The van der Waals surface area contributed by atoms with Crippen LogP contribution >= 0.6 is 0 Å². The largest absolute Gasteiger partial charge is 1.00 e. The minimum Gasteiger partial charge on any atom is -1.00 e. The number of carbonyl (C=O) groups excluding carboxylic acids is 1. The van der Waals surface area contributed by atoms with Crippen molar-refractivity contribution >= 4 is 17.8 Å². The molecule has 0 radical (unpaired) electrons. The predicted octanol–water partition coefficient (Wildman–Crippen LogP) is -3.05. The second-order valence-electron chi connectivity index (χ2n) is 2.81. The van der Waals surface area contributed by atoms with Crippen LogP contribution in [0.25, 0.3) is 0 Å². The van der Waals surface area contributed by atoms with Gasteiger partial charge in [-0.2, -0.15) is 0 Å². The van der Waals surface area contributed by atoms with E-state index in [9.17, 15) is 14.4 Å². The van der Waals surface area contributed by atoms with Gasteiger partial charge in [-0.3, -0.25) is 9.59 Å². The molecule has 1 atom stereocenters. The molecule has 0 fully saturated rings. The van der Waals surface area contributed by atoms with Gasteiger partial charge in [0.1, 0.15) is 6.04 Å². The van der Waals surface area contributed by atoms with Crippen LogP contribution in [0, 0.1) is 0 Å². The van der Waals surface area contributed by atoms with Gasteiger partial charge >= 0.3 is 41.5 Å². The molecule has 0 aromatic heterocycles. The van der Waals surface area contributed by atoms with Crippen LogP contribution in [0.3, 0.4) is 0 Å². The van der Waals surface area contributed by atoms with Crippen molar-refractivity contribution in [3.05, 3.63) is 0 Å². The van der Waals surface area contributed by atoms with Crippen LogP contribution in [0.2, 0.25) is 0 Å². The van der Waals surface area contributed by atoms with Gasteiger partial charge in [0.15, 0.2) is 0 Å². The van der Waals surface area contributed by atoms with Crippen LogP contribution in [-0.2, 0) is 14.4 Å². The number of rotatable bonds is 6. The minimum absolute atomic E-state index is 0. The molecule has 6 nitrogen and oxygen atoms in total. The van der Waals surface area contributed by atoms with Crippen LogP contribution in [-0.4, -0.2) is 34.1 Å². The molecular weight excluding hydrogens is 213 g/mol. The van der Waals surface area contributed by atoms with Crippen LogP contribution in [0.4, 0.5) is 0 Å². The van der Waals surface area contributed by atoms with Gasteiger partial charge in [-0.1, -0.05) is 6.92 Å². The molecular formula is C8H14NNaO5. The Morgan fingerprint density at radius 3 is 2.20 bits per heavy atom. The summed E-state index contributed by atoms with van der Waals surface area (Å²) in [4.78, 5) is 31.7. The summed E-state index contributed by atoms with van der Waals surface area (Å²) in [6.45, 7) is 1.77. The van der Waals surface area contributed by atoms with Gasteiger partial charge in [0, 0.05) is 6.42 Å². The topological polar surface area (TPSA) is 104 Å². The molecule has 0 heterocycles. The van der Waals surface area contributed by atoms with E-state index in [1.807, 2.05) is 0 Å². The molecule has 1 amide bonds. The SMILES string of the molecule is CCCC(=O)NC(CC(=O)O)C(=O)O.[H-].[Na+]. The van der Waals surface area contributed by atoms with Gasteiger partial charge in [0.2, 0.25) is 5.91 Å². The first kappa shape index (κ1) is 16.8. The molecule has 0 saturated carbocycles. The molecule has 82 valence electrons. The molecule has 15 heavy (non-hydrogen) atoms. The molecule has 0 aromatic rings. The van der Waals surface area contributed by atoms with Crippen molar-refractivity contribution in [3.8, 4) is 0 Å². The van der Waals surface area contributed by atoms with E-state index in [0.717, 1.165) is 0 Å². The third kappa shape index (κ3) is 8.41. The Labute approximate surface area is 111 Å². The van der Waals surface area contributed by atoms with E-state index >= 15 is 0 Å². The Morgan fingerprint density at radius 2 is 1.87 bits per heavy atom. The zero-order chi connectivity index (χ0) is 11.1.